The average molecular weight is 320 g/mol. The fraction of sp³-hybridized carbons (Fsp3) is 0.250. The van der Waals surface area contributed by atoms with E-state index in [0.29, 0.717) is 0 Å². The molecule has 100 valence electrons. The molecule has 0 radical (unpaired) electrons. The molecule has 2 nitrogen and oxygen atoms in total. The Morgan fingerprint density at radius 2 is 1.84 bits per heavy atom. The van der Waals surface area contributed by atoms with Crippen LogP contribution < -0.4 is 10.5 Å². The molecule has 0 saturated heterocycles. The van der Waals surface area contributed by atoms with Gasteiger partial charge < -0.3 is 10.5 Å². The van der Waals surface area contributed by atoms with Gasteiger partial charge in [-0.15, -0.1) is 0 Å². The minimum atomic E-state index is 0.0974. The third-order valence-electron chi connectivity index (χ3n) is 3.06. The van der Waals surface area contributed by atoms with Crippen molar-refractivity contribution in [3.63, 3.8) is 0 Å². The summed E-state index contributed by atoms with van der Waals surface area (Å²) >= 11 is 3.51. The van der Waals surface area contributed by atoms with Crippen LogP contribution in [0.25, 0.3) is 0 Å². The molecule has 3 heteroatoms. The minimum absolute atomic E-state index is 0.0974. The maximum absolute atomic E-state index is 5.99. The van der Waals surface area contributed by atoms with Gasteiger partial charge in [-0.2, -0.15) is 0 Å². The Morgan fingerprint density at radius 1 is 1.16 bits per heavy atom. The van der Waals surface area contributed by atoms with Crippen LogP contribution in [0.5, 0.6) is 11.5 Å². The lowest BCUT2D eigenvalue weighted by atomic mass is 10.1. The molecule has 0 aliphatic carbocycles. The van der Waals surface area contributed by atoms with Crippen LogP contribution >= 0.6 is 15.9 Å². The molecule has 2 N–H and O–H groups in total. The molecule has 0 spiro atoms. The summed E-state index contributed by atoms with van der Waals surface area (Å²) in [5.74, 6) is 1.63. The van der Waals surface area contributed by atoms with Crippen LogP contribution in [0, 0.1) is 6.92 Å². The van der Waals surface area contributed by atoms with Crippen molar-refractivity contribution in [3.05, 3.63) is 58.1 Å². The zero-order valence-corrected chi connectivity index (χ0v) is 12.8. The van der Waals surface area contributed by atoms with E-state index in [-0.39, 0.29) is 6.04 Å². The van der Waals surface area contributed by atoms with Crippen molar-refractivity contribution >= 4 is 15.9 Å². The Labute approximate surface area is 122 Å². The Bertz CT molecular complexity index is 551. The SMILES string of the molecule is CC[C@H](N)c1ccc(Oc2ccc(C)cc2Br)cc1. The first-order valence-electron chi connectivity index (χ1n) is 6.39. The van der Waals surface area contributed by atoms with E-state index >= 15 is 0 Å². The number of halogens is 1. The zero-order chi connectivity index (χ0) is 13.8. The highest BCUT2D eigenvalue weighted by molar-refractivity contribution is 9.10. The fourth-order valence-corrected chi connectivity index (χ4v) is 2.41. The Kier molecular flexibility index (Phi) is 4.61. The lowest BCUT2D eigenvalue weighted by molar-refractivity contribution is 0.479. The van der Waals surface area contributed by atoms with Crippen LogP contribution in [0.2, 0.25) is 0 Å². The quantitative estimate of drug-likeness (QED) is 0.864. The normalized spacial score (nSPS) is 12.2. The van der Waals surface area contributed by atoms with Gasteiger partial charge in [0.25, 0.3) is 0 Å². The van der Waals surface area contributed by atoms with Gasteiger partial charge in [-0.05, 0) is 64.7 Å². The average Bonchev–Trinajstić information content (AvgIpc) is 2.42. The lowest BCUT2D eigenvalue weighted by Gasteiger charge is -2.11. The van der Waals surface area contributed by atoms with Crippen molar-refractivity contribution in [3.8, 4) is 11.5 Å². The van der Waals surface area contributed by atoms with Gasteiger partial charge >= 0.3 is 0 Å². The predicted molar refractivity (Wildman–Crippen MR) is 82.6 cm³/mol. The molecule has 1 atom stereocenters. The maximum Gasteiger partial charge on any atom is 0.141 e. The first kappa shape index (κ1) is 14.1. The Balaban J connectivity index is 2.15. The van der Waals surface area contributed by atoms with Crippen molar-refractivity contribution in [1.82, 2.24) is 0 Å². The topological polar surface area (TPSA) is 35.2 Å². The van der Waals surface area contributed by atoms with Gasteiger partial charge in [0.15, 0.2) is 0 Å². The second kappa shape index (κ2) is 6.22. The predicted octanol–water partition coefficient (Wildman–Crippen LogP) is 4.96. The molecule has 0 aliphatic heterocycles. The van der Waals surface area contributed by atoms with Crippen LogP contribution in [0.1, 0.15) is 30.5 Å². The molecule has 0 saturated carbocycles. The van der Waals surface area contributed by atoms with Gasteiger partial charge in [0, 0.05) is 6.04 Å². The summed E-state index contributed by atoms with van der Waals surface area (Å²) in [5.41, 5.74) is 8.32. The summed E-state index contributed by atoms with van der Waals surface area (Å²) in [7, 11) is 0. The van der Waals surface area contributed by atoms with E-state index in [0.717, 1.165) is 28.0 Å². The van der Waals surface area contributed by atoms with E-state index in [1.807, 2.05) is 42.5 Å². The monoisotopic (exact) mass is 319 g/mol. The van der Waals surface area contributed by atoms with E-state index in [9.17, 15) is 0 Å². The second-order valence-electron chi connectivity index (χ2n) is 4.62. The summed E-state index contributed by atoms with van der Waals surface area (Å²) in [5, 5.41) is 0. The van der Waals surface area contributed by atoms with Gasteiger partial charge in [-0.3, -0.25) is 0 Å². The smallest absolute Gasteiger partial charge is 0.141 e. The molecule has 2 aromatic rings. The number of hydrogen-bond acceptors (Lipinski definition) is 2. The number of rotatable bonds is 4. The van der Waals surface area contributed by atoms with Crippen LogP contribution in [-0.2, 0) is 0 Å². The molecule has 0 fully saturated rings. The third-order valence-corrected chi connectivity index (χ3v) is 3.68. The van der Waals surface area contributed by atoms with Crippen molar-refractivity contribution in [2.45, 2.75) is 26.3 Å². The van der Waals surface area contributed by atoms with Crippen molar-refractivity contribution in [2.24, 2.45) is 5.73 Å². The van der Waals surface area contributed by atoms with Crippen molar-refractivity contribution in [2.75, 3.05) is 0 Å². The molecule has 0 amide bonds. The molecule has 0 bridgehead atoms. The molecule has 2 rings (SSSR count). The molecule has 0 aliphatic rings. The van der Waals surface area contributed by atoms with Gasteiger partial charge in [0.05, 0.1) is 4.47 Å². The lowest BCUT2D eigenvalue weighted by Crippen LogP contribution is -2.08. The van der Waals surface area contributed by atoms with Crippen molar-refractivity contribution < 1.29 is 4.74 Å². The summed E-state index contributed by atoms with van der Waals surface area (Å²) in [4.78, 5) is 0. The minimum Gasteiger partial charge on any atom is -0.456 e. The van der Waals surface area contributed by atoms with Gasteiger partial charge in [-0.25, -0.2) is 0 Å². The highest BCUT2D eigenvalue weighted by atomic mass is 79.9. The Hall–Kier alpha value is -1.32. The molecule has 0 heterocycles. The number of ether oxygens (including phenoxy) is 1. The highest BCUT2D eigenvalue weighted by Crippen LogP contribution is 2.30. The summed E-state index contributed by atoms with van der Waals surface area (Å²) in [6.45, 7) is 4.13. The van der Waals surface area contributed by atoms with Crippen LogP contribution in [-0.4, -0.2) is 0 Å². The summed E-state index contributed by atoms with van der Waals surface area (Å²) < 4.78 is 6.80. The van der Waals surface area contributed by atoms with E-state index in [1.54, 1.807) is 0 Å². The molecule has 0 unspecified atom stereocenters. The highest BCUT2D eigenvalue weighted by Gasteiger charge is 2.05. The van der Waals surface area contributed by atoms with E-state index in [4.69, 9.17) is 10.5 Å². The van der Waals surface area contributed by atoms with E-state index in [1.165, 1.54) is 5.56 Å². The van der Waals surface area contributed by atoms with E-state index in [2.05, 4.69) is 29.8 Å². The second-order valence-corrected chi connectivity index (χ2v) is 5.47. The van der Waals surface area contributed by atoms with Crippen LogP contribution in [0.15, 0.2) is 46.9 Å². The number of benzene rings is 2. The number of hydrogen-bond donors (Lipinski definition) is 1. The van der Waals surface area contributed by atoms with Crippen LogP contribution in [0.3, 0.4) is 0 Å². The van der Waals surface area contributed by atoms with Crippen LogP contribution in [0.4, 0.5) is 0 Å². The number of aryl methyl sites for hydroxylation is 1. The van der Waals surface area contributed by atoms with Gasteiger partial charge in [0.1, 0.15) is 11.5 Å². The zero-order valence-electron chi connectivity index (χ0n) is 11.2. The van der Waals surface area contributed by atoms with Gasteiger partial charge in [0.2, 0.25) is 0 Å². The van der Waals surface area contributed by atoms with Crippen molar-refractivity contribution in [1.29, 1.82) is 0 Å². The Morgan fingerprint density at radius 3 is 2.42 bits per heavy atom. The molecule has 19 heavy (non-hydrogen) atoms. The fourth-order valence-electron chi connectivity index (χ4n) is 1.83. The van der Waals surface area contributed by atoms with Gasteiger partial charge in [-0.1, -0.05) is 25.1 Å². The first-order chi connectivity index (χ1) is 9.10. The molecular weight excluding hydrogens is 302 g/mol. The summed E-state index contributed by atoms with van der Waals surface area (Å²) in [6.07, 6.45) is 0.934. The largest absolute Gasteiger partial charge is 0.456 e. The summed E-state index contributed by atoms with van der Waals surface area (Å²) in [6, 6.07) is 14.1. The third kappa shape index (κ3) is 3.58. The molecule has 2 aromatic carbocycles. The number of nitrogens with two attached hydrogens (primary N) is 1. The van der Waals surface area contributed by atoms with E-state index < -0.39 is 0 Å². The standard InChI is InChI=1S/C16H18BrNO/c1-3-15(18)12-5-7-13(8-6-12)19-16-9-4-11(2)10-14(16)17/h4-10,15H,3,18H2,1-2H3/t15-/m0/s1. The molecule has 0 aromatic heterocycles. The molecular formula is C16H18BrNO. The first-order valence-corrected chi connectivity index (χ1v) is 7.19. The maximum atomic E-state index is 5.99.